The van der Waals surface area contributed by atoms with E-state index in [1.807, 2.05) is 49.4 Å². The van der Waals surface area contributed by atoms with Crippen LogP contribution in [0.5, 0.6) is 0 Å². The molecule has 0 spiro atoms. The van der Waals surface area contributed by atoms with Crippen LogP contribution < -0.4 is 10.6 Å². The molecule has 0 aliphatic carbocycles. The van der Waals surface area contributed by atoms with Crippen LogP contribution in [0.1, 0.15) is 18.5 Å². The summed E-state index contributed by atoms with van der Waals surface area (Å²) in [6.07, 6.45) is 0. The van der Waals surface area contributed by atoms with Crippen LogP contribution in [-0.4, -0.2) is 18.4 Å². The number of benzene rings is 2. The smallest absolute Gasteiger partial charge is 0.253 e. The van der Waals surface area contributed by atoms with Gasteiger partial charge in [0.1, 0.15) is 6.04 Å². The number of aliphatic imine (C=N–C) groups is 1. The first-order valence-corrected chi connectivity index (χ1v) is 6.39. The summed E-state index contributed by atoms with van der Waals surface area (Å²) >= 11 is 0. The van der Waals surface area contributed by atoms with E-state index in [1.165, 1.54) is 0 Å². The van der Waals surface area contributed by atoms with Crippen LogP contribution in [0, 0.1) is 0 Å². The minimum atomic E-state index is -0.364. The Bertz CT molecular complexity index is 658. The number of nitrogens with one attached hydrogen (secondary N) is 2. The number of carbonyl (C=O) groups excluding carboxylic acids is 1. The maximum absolute atomic E-state index is 12.0. The lowest BCUT2D eigenvalue weighted by molar-refractivity contribution is -0.120. The molecular formula is C15H15N3O. The SMILES string of the molecule is CCN=C1NC(=O)C(c2cccc3ccccc23)N1. The van der Waals surface area contributed by atoms with E-state index in [9.17, 15) is 4.79 Å². The van der Waals surface area contributed by atoms with Gasteiger partial charge in [-0.3, -0.25) is 15.1 Å². The zero-order valence-electron chi connectivity index (χ0n) is 10.7. The van der Waals surface area contributed by atoms with Crippen LogP contribution in [0.2, 0.25) is 0 Å². The molecule has 4 nitrogen and oxygen atoms in total. The van der Waals surface area contributed by atoms with Crippen LogP contribution in [0.15, 0.2) is 47.5 Å². The highest BCUT2D eigenvalue weighted by Gasteiger charge is 2.30. The van der Waals surface area contributed by atoms with Gasteiger partial charge in [-0.05, 0) is 23.3 Å². The van der Waals surface area contributed by atoms with Crippen molar-refractivity contribution >= 4 is 22.6 Å². The molecule has 1 amide bonds. The summed E-state index contributed by atoms with van der Waals surface area (Å²) in [5.41, 5.74) is 0.983. The second kappa shape index (κ2) is 4.72. The molecule has 1 fully saturated rings. The van der Waals surface area contributed by atoms with Crippen molar-refractivity contribution in [3.63, 3.8) is 0 Å². The van der Waals surface area contributed by atoms with E-state index in [0.717, 1.165) is 16.3 Å². The molecular weight excluding hydrogens is 238 g/mol. The van der Waals surface area contributed by atoms with Crippen LogP contribution in [-0.2, 0) is 4.79 Å². The predicted molar refractivity (Wildman–Crippen MR) is 75.9 cm³/mol. The summed E-state index contributed by atoms with van der Waals surface area (Å²) < 4.78 is 0. The quantitative estimate of drug-likeness (QED) is 0.859. The highest BCUT2D eigenvalue weighted by atomic mass is 16.2. The van der Waals surface area contributed by atoms with Crippen molar-refractivity contribution in [2.75, 3.05) is 6.54 Å². The van der Waals surface area contributed by atoms with Gasteiger partial charge in [0.2, 0.25) is 0 Å². The number of hydrogen-bond acceptors (Lipinski definition) is 2. The molecule has 2 aromatic rings. The van der Waals surface area contributed by atoms with Crippen molar-refractivity contribution in [2.45, 2.75) is 13.0 Å². The molecule has 1 atom stereocenters. The Morgan fingerprint density at radius 2 is 1.95 bits per heavy atom. The lowest BCUT2D eigenvalue weighted by Gasteiger charge is -2.11. The Hall–Kier alpha value is -2.36. The number of carbonyl (C=O) groups is 1. The number of amides is 1. The standard InChI is InChI=1S/C15H15N3O/c1-2-16-15-17-13(14(19)18-15)12-9-5-7-10-6-3-4-8-11(10)12/h3-9,13H,2H2,1H3,(H2,16,17,18,19). The van der Waals surface area contributed by atoms with E-state index in [-0.39, 0.29) is 11.9 Å². The number of guanidine groups is 1. The lowest BCUT2D eigenvalue weighted by atomic mass is 9.99. The van der Waals surface area contributed by atoms with Crippen LogP contribution in [0.3, 0.4) is 0 Å². The maximum Gasteiger partial charge on any atom is 0.253 e. The second-order valence-electron chi connectivity index (χ2n) is 4.46. The lowest BCUT2D eigenvalue weighted by Crippen LogP contribution is -2.25. The van der Waals surface area contributed by atoms with Crippen LogP contribution in [0.25, 0.3) is 10.8 Å². The summed E-state index contributed by atoms with van der Waals surface area (Å²) in [5, 5.41) is 8.14. The summed E-state index contributed by atoms with van der Waals surface area (Å²) in [4.78, 5) is 16.3. The Morgan fingerprint density at radius 3 is 2.79 bits per heavy atom. The third-order valence-corrected chi connectivity index (χ3v) is 3.24. The third-order valence-electron chi connectivity index (χ3n) is 3.24. The summed E-state index contributed by atoms with van der Waals surface area (Å²) in [7, 11) is 0. The van der Waals surface area contributed by atoms with Crippen molar-refractivity contribution in [2.24, 2.45) is 4.99 Å². The minimum Gasteiger partial charge on any atom is -0.340 e. The van der Waals surface area contributed by atoms with Gasteiger partial charge in [0.25, 0.3) is 5.91 Å². The van der Waals surface area contributed by atoms with E-state index in [4.69, 9.17) is 0 Å². The molecule has 1 saturated heterocycles. The van der Waals surface area contributed by atoms with E-state index in [0.29, 0.717) is 12.5 Å². The molecule has 2 N–H and O–H groups in total. The van der Waals surface area contributed by atoms with Gasteiger partial charge in [0.15, 0.2) is 5.96 Å². The fourth-order valence-corrected chi connectivity index (χ4v) is 2.39. The van der Waals surface area contributed by atoms with E-state index < -0.39 is 0 Å². The molecule has 0 saturated carbocycles. The number of nitrogens with zero attached hydrogens (tertiary/aromatic N) is 1. The normalized spacial score (nSPS) is 20.6. The van der Waals surface area contributed by atoms with Gasteiger partial charge in [-0.1, -0.05) is 42.5 Å². The molecule has 1 heterocycles. The van der Waals surface area contributed by atoms with Gasteiger partial charge in [-0.2, -0.15) is 0 Å². The van der Waals surface area contributed by atoms with Gasteiger partial charge < -0.3 is 5.32 Å². The van der Waals surface area contributed by atoms with Crippen molar-refractivity contribution in [1.82, 2.24) is 10.6 Å². The average molecular weight is 253 g/mol. The number of hydrogen-bond donors (Lipinski definition) is 2. The summed E-state index contributed by atoms with van der Waals surface area (Å²) in [6, 6.07) is 13.7. The first-order valence-electron chi connectivity index (χ1n) is 6.39. The number of rotatable bonds is 2. The van der Waals surface area contributed by atoms with Gasteiger partial charge in [0, 0.05) is 6.54 Å². The van der Waals surface area contributed by atoms with Gasteiger partial charge >= 0.3 is 0 Å². The average Bonchev–Trinajstić information content (AvgIpc) is 2.79. The number of fused-ring (bicyclic) bond motifs is 1. The van der Waals surface area contributed by atoms with Gasteiger partial charge in [-0.15, -0.1) is 0 Å². The molecule has 3 rings (SSSR count). The summed E-state index contributed by atoms with van der Waals surface area (Å²) in [6.45, 7) is 2.58. The minimum absolute atomic E-state index is 0.0523. The largest absolute Gasteiger partial charge is 0.340 e. The first-order chi connectivity index (χ1) is 9.29. The maximum atomic E-state index is 12.0. The monoisotopic (exact) mass is 253 g/mol. The predicted octanol–water partition coefficient (Wildman–Crippen LogP) is 1.98. The fourth-order valence-electron chi connectivity index (χ4n) is 2.39. The van der Waals surface area contributed by atoms with Crippen molar-refractivity contribution in [3.05, 3.63) is 48.0 Å². The van der Waals surface area contributed by atoms with Crippen molar-refractivity contribution < 1.29 is 4.79 Å². The molecule has 1 unspecified atom stereocenters. The topological polar surface area (TPSA) is 53.5 Å². The zero-order chi connectivity index (χ0) is 13.2. The van der Waals surface area contributed by atoms with Gasteiger partial charge in [-0.25, -0.2) is 0 Å². The molecule has 4 heteroatoms. The Morgan fingerprint density at radius 1 is 1.16 bits per heavy atom. The Balaban J connectivity index is 2.06. The Kier molecular flexibility index (Phi) is 2.91. The first kappa shape index (κ1) is 11.7. The van der Waals surface area contributed by atoms with Crippen molar-refractivity contribution in [3.8, 4) is 0 Å². The molecule has 1 aliphatic heterocycles. The molecule has 96 valence electrons. The molecule has 0 aromatic heterocycles. The van der Waals surface area contributed by atoms with Crippen LogP contribution in [0.4, 0.5) is 0 Å². The highest BCUT2D eigenvalue weighted by Crippen LogP contribution is 2.25. The molecule has 0 radical (unpaired) electrons. The Labute approximate surface area is 111 Å². The fraction of sp³-hybridized carbons (Fsp3) is 0.200. The molecule has 2 aromatic carbocycles. The molecule has 1 aliphatic rings. The van der Waals surface area contributed by atoms with Crippen LogP contribution >= 0.6 is 0 Å². The summed E-state index contributed by atoms with van der Waals surface area (Å²) in [5.74, 6) is 0.508. The molecule has 0 bridgehead atoms. The van der Waals surface area contributed by atoms with E-state index >= 15 is 0 Å². The highest BCUT2D eigenvalue weighted by molar-refractivity contribution is 6.08. The van der Waals surface area contributed by atoms with E-state index in [1.54, 1.807) is 0 Å². The van der Waals surface area contributed by atoms with E-state index in [2.05, 4.69) is 15.6 Å². The second-order valence-corrected chi connectivity index (χ2v) is 4.46. The van der Waals surface area contributed by atoms with Gasteiger partial charge in [0.05, 0.1) is 0 Å². The van der Waals surface area contributed by atoms with Crippen molar-refractivity contribution in [1.29, 1.82) is 0 Å². The molecule has 19 heavy (non-hydrogen) atoms. The third kappa shape index (κ3) is 2.05. The zero-order valence-corrected chi connectivity index (χ0v) is 10.7.